The quantitative estimate of drug-likeness (QED) is 0.460. The molecule has 0 aliphatic rings. The first-order valence-electron chi connectivity index (χ1n) is 2.59. The Morgan fingerprint density at radius 3 is 2.11 bits per heavy atom. The van der Waals surface area contributed by atoms with Gasteiger partial charge in [-0.15, -0.1) is 0 Å². The van der Waals surface area contributed by atoms with Gasteiger partial charge < -0.3 is 0 Å². The molecule has 0 rings (SSSR count). The summed E-state index contributed by atoms with van der Waals surface area (Å²) in [6, 6.07) is 0. The molecule has 0 aliphatic carbocycles. The third-order valence-electron chi connectivity index (χ3n) is 0.445. The largest absolute Gasteiger partial charge is 0.291 e. The minimum atomic E-state index is -0.296. The van der Waals surface area contributed by atoms with Crippen LogP contribution in [0.4, 0.5) is 4.79 Å². The highest BCUT2D eigenvalue weighted by molar-refractivity contribution is 8.03. The van der Waals surface area contributed by atoms with E-state index >= 15 is 0 Å². The van der Waals surface area contributed by atoms with Gasteiger partial charge in [0, 0.05) is 4.75 Å². The molecule has 0 heterocycles. The van der Waals surface area contributed by atoms with Crippen LogP contribution in [0.15, 0.2) is 0 Å². The maximum absolute atomic E-state index is 10.2. The maximum Gasteiger partial charge on any atom is 0.285 e. The van der Waals surface area contributed by atoms with Gasteiger partial charge >= 0.3 is 0 Å². The molecule has 9 heavy (non-hydrogen) atoms. The van der Waals surface area contributed by atoms with Gasteiger partial charge in [0.2, 0.25) is 0 Å². The molecule has 0 unspecified atom stereocenters. The Balaban J connectivity index is 3.39. The predicted octanol–water partition coefficient (Wildman–Crippen LogP) is 2.07. The molecule has 4 heteroatoms. The second-order valence-corrected chi connectivity index (χ2v) is 4.66. The fraction of sp³-hybridized carbons (Fsp3) is 0.800. The van der Waals surface area contributed by atoms with Crippen LogP contribution in [0.2, 0.25) is 0 Å². The highest BCUT2D eigenvalue weighted by atomic mass is 32.2. The summed E-state index contributed by atoms with van der Waals surface area (Å²) in [5, 5.41) is -0.296. The molecule has 0 aromatic carbocycles. The molecular weight excluding hydrogens is 154 g/mol. The molecule has 0 radical (unpaired) electrons. The van der Waals surface area contributed by atoms with Crippen molar-refractivity contribution >= 4 is 29.8 Å². The van der Waals surface area contributed by atoms with Crippen molar-refractivity contribution in [1.29, 1.82) is 0 Å². The topological polar surface area (TPSA) is 29.1 Å². The van der Waals surface area contributed by atoms with Crippen LogP contribution in [0, 0.1) is 0 Å². The zero-order valence-corrected chi connectivity index (χ0v) is 7.47. The number of hydrogen-bond acceptors (Lipinski definition) is 2. The minimum absolute atomic E-state index is 0.0678. The molecule has 0 aromatic heterocycles. The van der Waals surface area contributed by atoms with E-state index in [1.54, 1.807) is 0 Å². The number of amides is 1. The van der Waals surface area contributed by atoms with E-state index in [-0.39, 0.29) is 9.99 Å². The second kappa shape index (κ2) is 3.37. The summed E-state index contributed by atoms with van der Waals surface area (Å²) < 4.78 is 2.60. The van der Waals surface area contributed by atoms with Crippen LogP contribution < -0.4 is 4.72 Å². The molecule has 0 fully saturated rings. The third kappa shape index (κ3) is 8.17. The molecule has 2 nitrogen and oxygen atoms in total. The molecular formula is C5H11NOS2. The number of carbonyl (C=O) groups is 1. The van der Waals surface area contributed by atoms with E-state index in [0.29, 0.717) is 0 Å². The van der Waals surface area contributed by atoms with Crippen LogP contribution in [0.5, 0.6) is 0 Å². The van der Waals surface area contributed by atoms with Crippen molar-refractivity contribution in [3.05, 3.63) is 0 Å². The Morgan fingerprint density at radius 2 is 2.00 bits per heavy atom. The van der Waals surface area contributed by atoms with Crippen molar-refractivity contribution in [2.45, 2.75) is 25.5 Å². The van der Waals surface area contributed by atoms with Crippen LogP contribution >= 0.6 is 24.6 Å². The number of nitrogens with one attached hydrogen (secondary N) is 1. The Hall–Kier alpha value is 0.170. The van der Waals surface area contributed by atoms with Gasteiger partial charge in [0.15, 0.2) is 0 Å². The monoisotopic (exact) mass is 165 g/mol. The molecule has 0 saturated heterocycles. The summed E-state index contributed by atoms with van der Waals surface area (Å²) in [5.74, 6) is 0. The van der Waals surface area contributed by atoms with Crippen LogP contribution in [0.3, 0.4) is 0 Å². The van der Waals surface area contributed by atoms with Crippen molar-refractivity contribution in [3.8, 4) is 0 Å². The average molecular weight is 165 g/mol. The molecule has 0 spiro atoms. The molecule has 0 bridgehead atoms. The zero-order valence-electron chi connectivity index (χ0n) is 5.76. The first-order valence-corrected chi connectivity index (χ1v) is 3.85. The van der Waals surface area contributed by atoms with Gasteiger partial charge in [-0.3, -0.25) is 9.52 Å². The normalized spacial score (nSPS) is 11.1. The van der Waals surface area contributed by atoms with E-state index in [1.807, 2.05) is 20.8 Å². The molecule has 0 saturated carbocycles. The van der Waals surface area contributed by atoms with Crippen LogP contribution in [-0.4, -0.2) is 9.99 Å². The Morgan fingerprint density at radius 1 is 1.56 bits per heavy atom. The SMILES string of the molecule is CC(C)(C)SNC(=O)S. The van der Waals surface area contributed by atoms with Crippen molar-refractivity contribution < 1.29 is 4.79 Å². The number of carbonyl (C=O) groups excluding carboxylic acids is 1. The smallest absolute Gasteiger partial charge is 0.285 e. The Labute approximate surface area is 65.3 Å². The van der Waals surface area contributed by atoms with Crippen LogP contribution in [-0.2, 0) is 0 Å². The van der Waals surface area contributed by atoms with Crippen molar-refractivity contribution in [3.63, 3.8) is 0 Å². The first kappa shape index (κ1) is 9.17. The molecule has 0 atom stereocenters. The zero-order chi connectivity index (χ0) is 7.49. The van der Waals surface area contributed by atoms with E-state index < -0.39 is 0 Å². The summed E-state index contributed by atoms with van der Waals surface area (Å²) in [6.07, 6.45) is 0. The van der Waals surface area contributed by atoms with Gasteiger partial charge in [-0.25, -0.2) is 0 Å². The number of thiol groups is 1. The standard InChI is InChI=1S/C5H11NOS2/c1-5(2,3)9-6-4(7)8/h1-3H3,(H2,6,7,8). The fourth-order valence-corrected chi connectivity index (χ4v) is 0.727. The van der Waals surface area contributed by atoms with Crippen molar-refractivity contribution in [2.24, 2.45) is 0 Å². The van der Waals surface area contributed by atoms with Crippen molar-refractivity contribution in [2.75, 3.05) is 0 Å². The van der Waals surface area contributed by atoms with E-state index in [4.69, 9.17) is 0 Å². The summed E-state index contributed by atoms with van der Waals surface area (Å²) in [7, 11) is 0. The number of rotatable bonds is 1. The van der Waals surface area contributed by atoms with Gasteiger partial charge in [0.1, 0.15) is 0 Å². The average Bonchev–Trinajstić information content (AvgIpc) is 1.59. The lowest BCUT2D eigenvalue weighted by atomic mass is 10.3. The van der Waals surface area contributed by atoms with Gasteiger partial charge in [-0.05, 0) is 32.7 Å². The molecule has 0 aromatic rings. The van der Waals surface area contributed by atoms with Gasteiger partial charge in [-0.2, -0.15) is 0 Å². The lowest BCUT2D eigenvalue weighted by molar-refractivity contribution is 0.265. The van der Waals surface area contributed by atoms with Gasteiger partial charge in [0.25, 0.3) is 5.24 Å². The highest BCUT2D eigenvalue weighted by Crippen LogP contribution is 2.19. The van der Waals surface area contributed by atoms with Crippen LogP contribution in [0.1, 0.15) is 20.8 Å². The van der Waals surface area contributed by atoms with Gasteiger partial charge in [0.05, 0.1) is 0 Å². The lowest BCUT2D eigenvalue weighted by Crippen LogP contribution is -2.18. The lowest BCUT2D eigenvalue weighted by Gasteiger charge is -2.15. The van der Waals surface area contributed by atoms with E-state index in [9.17, 15) is 4.79 Å². The maximum atomic E-state index is 10.2. The molecule has 0 aliphatic heterocycles. The summed E-state index contributed by atoms with van der Waals surface area (Å²) in [5.41, 5.74) is 0. The van der Waals surface area contributed by atoms with E-state index in [1.165, 1.54) is 11.9 Å². The molecule has 1 N–H and O–H groups in total. The second-order valence-electron chi connectivity index (χ2n) is 2.62. The molecule has 54 valence electrons. The van der Waals surface area contributed by atoms with E-state index in [2.05, 4.69) is 17.4 Å². The Kier molecular flexibility index (Phi) is 3.43. The fourth-order valence-electron chi connectivity index (χ4n) is 0.197. The summed E-state index contributed by atoms with van der Waals surface area (Å²) in [4.78, 5) is 10.2. The molecule has 1 amide bonds. The third-order valence-corrected chi connectivity index (χ3v) is 1.61. The minimum Gasteiger partial charge on any atom is -0.291 e. The Bertz CT molecular complexity index is 108. The van der Waals surface area contributed by atoms with E-state index in [0.717, 1.165) is 0 Å². The highest BCUT2D eigenvalue weighted by Gasteiger charge is 2.10. The predicted molar refractivity (Wildman–Crippen MR) is 44.9 cm³/mol. The van der Waals surface area contributed by atoms with Gasteiger partial charge in [-0.1, -0.05) is 12.6 Å². The summed E-state index contributed by atoms with van der Waals surface area (Å²) in [6.45, 7) is 6.05. The van der Waals surface area contributed by atoms with Crippen molar-refractivity contribution in [1.82, 2.24) is 4.72 Å². The summed E-state index contributed by atoms with van der Waals surface area (Å²) >= 11 is 4.90. The van der Waals surface area contributed by atoms with Crippen LogP contribution in [0.25, 0.3) is 0 Å². The number of hydrogen-bond donors (Lipinski definition) is 2. The first-order chi connectivity index (χ1) is 3.92.